The molecule has 0 aromatic heterocycles. The number of ketones is 1. The number of alkyl carbamates (subject to hydrolysis) is 1. The van der Waals surface area contributed by atoms with Gasteiger partial charge in [0.2, 0.25) is 0 Å². The monoisotopic (exact) mass is 253 g/mol. The predicted octanol–water partition coefficient (Wildman–Crippen LogP) is 2.51. The maximum Gasteiger partial charge on any atom is 0.408 e. The molecule has 3 aliphatic carbocycles. The first-order chi connectivity index (χ1) is 8.11. The van der Waals surface area contributed by atoms with Gasteiger partial charge in [0, 0.05) is 5.92 Å². The first-order valence-corrected chi connectivity index (χ1v) is 6.64. The summed E-state index contributed by atoms with van der Waals surface area (Å²) >= 11 is 0. The van der Waals surface area contributed by atoms with Crippen LogP contribution in [0.1, 0.15) is 47.5 Å². The molecule has 0 aliphatic heterocycles. The van der Waals surface area contributed by atoms with Gasteiger partial charge in [-0.1, -0.05) is 13.8 Å². The highest BCUT2D eigenvalue weighted by Crippen LogP contribution is 2.57. The standard InChI is InChI=1S/C14H23NO3/c1-13(2,3)18-12(17)15-10-7-8-6-9(11(10)16)14(8,4)5/h8-10H,6-7H2,1-5H3,(H,15,17)/t8-,9+,10?/m1/s1. The van der Waals surface area contributed by atoms with E-state index in [1.807, 2.05) is 20.8 Å². The second-order valence-corrected chi connectivity index (χ2v) is 7.14. The second kappa shape index (κ2) is 3.97. The van der Waals surface area contributed by atoms with E-state index in [2.05, 4.69) is 19.2 Å². The van der Waals surface area contributed by atoms with E-state index in [9.17, 15) is 9.59 Å². The fourth-order valence-corrected chi connectivity index (χ4v) is 3.12. The number of amides is 1. The Hall–Kier alpha value is -1.06. The van der Waals surface area contributed by atoms with Crippen molar-refractivity contribution in [1.29, 1.82) is 0 Å². The van der Waals surface area contributed by atoms with E-state index in [4.69, 9.17) is 4.74 Å². The molecule has 0 aromatic rings. The molecule has 3 aliphatic rings. The smallest absolute Gasteiger partial charge is 0.408 e. The Kier molecular flexibility index (Phi) is 2.95. The minimum Gasteiger partial charge on any atom is -0.444 e. The molecule has 4 heteroatoms. The minimum atomic E-state index is -0.524. The molecular weight excluding hydrogens is 230 g/mol. The molecule has 1 amide bonds. The van der Waals surface area contributed by atoms with Gasteiger partial charge in [0.15, 0.2) is 5.78 Å². The van der Waals surface area contributed by atoms with E-state index in [1.165, 1.54) is 0 Å². The molecule has 2 bridgehead atoms. The number of rotatable bonds is 1. The SMILES string of the molecule is CC(C)(C)OC(=O)NC1C[C@H]2C[C@@H](C1=O)C2(C)C. The van der Waals surface area contributed by atoms with E-state index in [-0.39, 0.29) is 23.2 Å². The van der Waals surface area contributed by atoms with Crippen LogP contribution in [0.25, 0.3) is 0 Å². The van der Waals surface area contributed by atoms with E-state index in [0.29, 0.717) is 5.92 Å². The van der Waals surface area contributed by atoms with Crippen molar-refractivity contribution in [3.63, 3.8) is 0 Å². The Labute approximate surface area is 108 Å². The molecule has 4 nitrogen and oxygen atoms in total. The van der Waals surface area contributed by atoms with Crippen molar-refractivity contribution in [3.05, 3.63) is 0 Å². The number of ether oxygens (including phenoxy) is 1. The van der Waals surface area contributed by atoms with Gasteiger partial charge >= 0.3 is 6.09 Å². The number of hydrogen-bond donors (Lipinski definition) is 1. The first-order valence-electron chi connectivity index (χ1n) is 6.64. The summed E-state index contributed by atoms with van der Waals surface area (Å²) in [5.74, 6) is 0.824. The Balaban J connectivity index is 1.93. The fraction of sp³-hybridized carbons (Fsp3) is 0.857. The topological polar surface area (TPSA) is 55.4 Å². The maximum atomic E-state index is 12.2. The third kappa shape index (κ3) is 2.25. The fourth-order valence-electron chi connectivity index (χ4n) is 3.12. The molecule has 0 heterocycles. The van der Waals surface area contributed by atoms with E-state index in [0.717, 1.165) is 12.8 Å². The minimum absolute atomic E-state index is 0.108. The molecule has 3 fully saturated rings. The normalized spacial score (nSPS) is 33.6. The van der Waals surface area contributed by atoms with Crippen molar-refractivity contribution in [2.24, 2.45) is 17.3 Å². The van der Waals surface area contributed by atoms with Crippen molar-refractivity contribution in [2.75, 3.05) is 0 Å². The Morgan fingerprint density at radius 3 is 2.39 bits per heavy atom. The van der Waals surface area contributed by atoms with Crippen molar-refractivity contribution >= 4 is 11.9 Å². The zero-order chi connectivity index (χ0) is 13.7. The van der Waals surface area contributed by atoms with Crippen LogP contribution in [0.15, 0.2) is 0 Å². The van der Waals surface area contributed by atoms with Gasteiger partial charge in [-0.15, -0.1) is 0 Å². The van der Waals surface area contributed by atoms with Crippen LogP contribution in [0.5, 0.6) is 0 Å². The number of fused-ring (bicyclic) bond motifs is 2. The van der Waals surface area contributed by atoms with Crippen molar-refractivity contribution < 1.29 is 14.3 Å². The lowest BCUT2D eigenvalue weighted by Gasteiger charge is -2.57. The molecule has 0 radical (unpaired) electrons. The predicted molar refractivity (Wildman–Crippen MR) is 68.2 cm³/mol. The molecule has 18 heavy (non-hydrogen) atoms. The van der Waals surface area contributed by atoms with Gasteiger partial charge in [-0.05, 0) is 44.9 Å². The molecule has 3 rings (SSSR count). The zero-order valence-electron chi connectivity index (χ0n) is 11.9. The summed E-state index contributed by atoms with van der Waals surface area (Å²) < 4.78 is 5.19. The summed E-state index contributed by atoms with van der Waals surface area (Å²) in [6.07, 6.45) is 1.25. The molecule has 3 saturated carbocycles. The van der Waals surface area contributed by atoms with Crippen LogP contribution in [0.3, 0.4) is 0 Å². The largest absolute Gasteiger partial charge is 0.444 e. The molecule has 1 unspecified atom stereocenters. The lowest BCUT2D eigenvalue weighted by Crippen LogP contribution is -2.62. The van der Waals surface area contributed by atoms with Crippen LogP contribution in [0.2, 0.25) is 0 Å². The van der Waals surface area contributed by atoms with Crippen LogP contribution in [-0.2, 0) is 9.53 Å². The van der Waals surface area contributed by atoms with E-state index < -0.39 is 11.7 Å². The highest BCUT2D eigenvalue weighted by molar-refractivity contribution is 5.92. The summed E-state index contributed by atoms with van der Waals surface area (Å²) in [5, 5.41) is 2.71. The van der Waals surface area contributed by atoms with E-state index in [1.54, 1.807) is 0 Å². The molecule has 1 N–H and O–H groups in total. The summed E-state index contributed by atoms with van der Waals surface area (Å²) in [6.45, 7) is 9.74. The highest BCUT2D eigenvalue weighted by atomic mass is 16.6. The third-order valence-corrected chi connectivity index (χ3v) is 4.37. The molecule has 0 saturated heterocycles. The quantitative estimate of drug-likeness (QED) is 0.781. The van der Waals surface area contributed by atoms with Crippen molar-refractivity contribution in [1.82, 2.24) is 5.32 Å². The van der Waals surface area contributed by atoms with Gasteiger partial charge in [-0.3, -0.25) is 4.79 Å². The zero-order valence-corrected chi connectivity index (χ0v) is 11.9. The molecule has 3 atom stereocenters. The Morgan fingerprint density at radius 1 is 1.33 bits per heavy atom. The van der Waals surface area contributed by atoms with Gasteiger partial charge in [0.1, 0.15) is 5.60 Å². The third-order valence-electron chi connectivity index (χ3n) is 4.37. The maximum absolute atomic E-state index is 12.2. The molecule has 0 aromatic carbocycles. The molecule has 102 valence electrons. The average Bonchev–Trinajstić information content (AvgIpc) is 2.17. The van der Waals surface area contributed by atoms with Crippen LogP contribution >= 0.6 is 0 Å². The van der Waals surface area contributed by atoms with Gasteiger partial charge < -0.3 is 10.1 Å². The van der Waals surface area contributed by atoms with Gasteiger partial charge in [-0.25, -0.2) is 4.79 Å². The van der Waals surface area contributed by atoms with Gasteiger partial charge in [0.05, 0.1) is 6.04 Å². The number of carbonyl (C=O) groups excluding carboxylic acids is 2. The lowest BCUT2D eigenvalue weighted by atomic mass is 9.47. The second-order valence-electron chi connectivity index (χ2n) is 7.14. The Morgan fingerprint density at radius 2 is 1.94 bits per heavy atom. The molecular formula is C14H23NO3. The van der Waals surface area contributed by atoms with Gasteiger partial charge in [0.25, 0.3) is 0 Å². The Bertz CT molecular complexity index is 381. The first kappa shape index (κ1) is 13.4. The summed E-state index contributed by atoms with van der Waals surface area (Å²) in [4.78, 5) is 23.9. The van der Waals surface area contributed by atoms with E-state index >= 15 is 0 Å². The molecule has 0 spiro atoms. The summed E-state index contributed by atoms with van der Waals surface area (Å²) in [6, 6.07) is -0.350. The number of carbonyl (C=O) groups is 2. The number of hydrogen-bond acceptors (Lipinski definition) is 3. The van der Waals surface area contributed by atoms with Crippen molar-refractivity contribution in [3.8, 4) is 0 Å². The van der Waals surface area contributed by atoms with Gasteiger partial charge in [-0.2, -0.15) is 0 Å². The highest BCUT2D eigenvalue weighted by Gasteiger charge is 2.57. The van der Waals surface area contributed by atoms with Crippen LogP contribution in [-0.4, -0.2) is 23.5 Å². The number of nitrogens with one attached hydrogen (secondary N) is 1. The number of Topliss-reactive ketones (excluding diaryl/α,β-unsaturated/α-hetero) is 1. The summed E-state index contributed by atoms with van der Waals surface area (Å²) in [7, 11) is 0. The average molecular weight is 253 g/mol. The van der Waals surface area contributed by atoms with Crippen molar-refractivity contribution in [2.45, 2.75) is 59.1 Å². The van der Waals surface area contributed by atoms with Crippen LogP contribution < -0.4 is 5.32 Å². The summed E-state index contributed by atoms with van der Waals surface area (Å²) in [5.41, 5.74) is -0.410. The van der Waals surface area contributed by atoms with Crippen LogP contribution in [0, 0.1) is 17.3 Å². The lowest BCUT2D eigenvalue weighted by molar-refractivity contribution is -0.152. The van der Waals surface area contributed by atoms with Crippen LogP contribution in [0.4, 0.5) is 4.79 Å².